The van der Waals surface area contributed by atoms with Gasteiger partial charge >= 0.3 is 0 Å². The van der Waals surface area contributed by atoms with E-state index in [2.05, 4.69) is 111 Å². The lowest BCUT2D eigenvalue weighted by Crippen LogP contribution is -2.06. The van der Waals surface area contributed by atoms with Crippen LogP contribution < -0.4 is 5.32 Å². The van der Waals surface area contributed by atoms with Crippen molar-refractivity contribution in [1.29, 1.82) is 0 Å². The van der Waals surface area contributed by atoms with Crippen molar-refractivity contribution < 1.29 is 0 Å². The third-order valence-electron chi connectivity index (χ3n) is 3.56. The Labute approximate surface area is 147 Å². The third kappa shape index (κ3) is 3.58. The third-order valence-corrected chi connectivity index (χ3v) is 4.77. The highest BCUT2D eigenvalue weighted by Gasteiger charge is 2.05. The summed E-state index contributed by atoms with van der Waals surface area (Å²) in [7, 11) is 0. The maximum Gasteiger partial charge on any atom is 0.0485 e. The van der Waals surface area contributed by atoms with E-state index in [-0.39, 0.29) is 6.04 Å². The zero-order chi connectivity index (χ0) is 14.8. The predicted molar refractivity (Wildman–Crippen MR) is 103 cm³/mol. The average Bonchev–Trinajstić information content (AvgIpc) is 2.48. The highest BCUT2D eigenvalue weighted by molar-refractivity contribution is 14.1. The second kappa shape index (κ2) is 6.36. The first-order chi connectivity index (χ1) is 10.1. The summed E-state index contributed by atoms with van der Waals surface area (Å²) in [6.07, 6.45) is 0. The molecule has 0 saturated carbocycles. The molecule has 3 aromatic rings. The monoisotopic (exact) mass is 451 g/mol. The highest BCUT2D eigenvalue weighted by atomic mass is 127. The van der Waals surface area contributed by atoms with Crippen molar-refractivity contribution in [2.45, 2.75) is 13.0 Å². The summed E-state index contributed by atoms with van der Waals surface area (Å²) in [5, 5.41) is 6.07. The second-order valence-electron chi connectivity index (χ2n) is 5.12. The zero-order valence-electron chi connectivity index (χ0n) is 11.6. The van der Waals surface area contributed by atoms with Gasteiger partial charge in [-0.15, -0.1) is 0 Å². The van der Waals surface area contributed by atoms with Crippen LogP contribution in [-0.2, 0) is 0 Å². The first kappa shape index (κ1) is 14.9. The van der Waals surface area contributed by atoms with E-state index < -0.39 is 0 Å². The highest BCUT2D eigenvalue weighted by Crippen LogP contribution is 2.25. The van der Waals surface area contributed by atoms with Crippen LogP contribution in [0.1, 0.15) is 18.5 Å². The van der Waals surface area contributed by atoms with E-state index in [0.29, 0.717) is 0 Å². The van der Waals surface area contributed by atoms with Crippen LogP contribution in [0.15, 0.2) is 65.1 Å². The Morgan fingerprint density at radius 3 is 2.33 bits per heavy atom. The van der Waals surface area contributed by atoms with Gasteiger partial charge in [-0.1, -0.05) is 40.2 Å². The van der Waals surface area contributed by atoms with Crippen LogP contribution in [0.5, 0.6) is 0 Å². The summed E-state index contributed by atoms with van der Waals surface area (Å²) in [6, 6.07) is 21.8. The lowest BCUT2D eigenvalue weighted by Gasteiger charge is -2.16. The van der Waals surface area contributed by atoms with E-state index in [1.807, 2.05) is 0 Å². The smallest absolute Gasteiger partial charge is 0.0485 e. The summed E-state index contributed by atoms with van der Waals surface area (Å²) in [5.74, 6) is 0. The minimum absolute atomic E-state index is 0.287. The minimum Gasteiger partial charge on any atom is -0.379 e. The molecule has 0 radical (unpaired) electrons. The Morgan fingerprint density at radius 1 is 0.905 bits per heavy atom. The number of fused-ring (bicyclic) bond motifs is 1. The molecule has 0 aliphatic heterocycles. The molecule has 1 unspecified atom stereocenters. The van der Waals surface area contributed by atoms with Crippen LogP contribution in [0.2, 0.25) is 0 Å². The molecule has 1 atom stereocenters. The largest absolute Gasteiger partial charge is 0.379 e. The van der Waals surface area contributed by atoms with E-state index in [9.17, 15) is 0 Å². The molecule has 3 rings (SSSR count). The number of rotatable bonds is 3. The predicted octanol–water partition coefficient (Wildman–Crippen LogP) is 6.38. The van der Waals surface area contributed by atoms with Gasteiger partial charge in [-0.05, 0) is 82.2 Å². The maximum absolute atomic E-state index is 3.57. The summed E-state index contributed by atoms with van der Waals surface area (Å²) < 4.78 is 2.38. The van der Waals surface area contributed by atoms with Gasteiger partial charge in [-0.2, -0.15) is 0 Å². The van der Waals surface area contributed by atoms with Gasteiger partial charge in [0.25, 0.3) is 0 Å². The molecule has 0 fully saturated rings. The van der Waals surface area contributed by atoms with Crippen molar-refractivity contribution in [3.05, 3.63) is 74.3 Å². The molecule has 0 aliphatic rings. The lowest BCUT2D eigenvalue weighted by molar-refractivity contribution is 0.885. The molecule has 21 heavy (non-hydrogen) atoms. The molecular weight excluding hydrogens is 437 g/mol. The Hall–Kier alpha value is -1.07. The van der Waals surface area contributed by atoms with Gasteiger partial charge in [-0.3, -0.25) is 0 Å². The molecular formula is C18H15BrIN. The summed E-state index contributed by atoms with van der Waals surface area (Å²) in [6.45, 7) is 2.19. The number of halogens is 2. The summed E-state index contributed by atoms with van der Waals surface area (Å²) in [4.78, 5) is 0. The van der Waals surface area contributed by atoms with Gasteiger partial charge in [0, 0.05) is 19.8 Å². The zero-order valence-corrected chi connectivity index (χ0v) is 15.4. The van der Waals surface area contributed by atoms with Crippen molar-refractivity contribution in [3.8, 4) is 0 Å². The topological polar surface area (TPSA) is 12.0 Å². The lowest BCUT2D eigenvalue weighted by atomic mass is 10.1. The molecule has 0 bridgehead atoms. The van der Waals surface area contributed by atoms with Gasteiger partial charge in [0.1, 0.15) is 0 Å². The number of hydrogen-bond donors (Lipinski definition) is 1. The Balaban J connectivity index is 1.84. The van der Waals surface area contributed by atoms with E-state index in [1.54, 1.807) is 0 Å². The fourth-order valence-electron chi connectivity index (χ4n) is 2.39. The van der Waals surface area contributed by atoms with Gasteiger partial charge < -0.3 is 5.32 Å². The van der Waals surface area contributed by atoms with Crippen molar-refractivity contribution in [2.24, 2.45) is 0 Å². The molecule has 0 aromatic heterocycles. The Morgan fingerprint density at radius 2 is 1.57 bits per heavy atom. The van der Waals surface area contributed by atoms with Gasteiger partial charge in [0.15, 0.2) is 0 Å². The summed E-state index contributed by atoms with van der Waals surface area (Å²) in [5.41, 5.74) is 2.45. The van der Waals surface area contributed by atoms with E-state index in [4.69, 9.17) is 0 Å². The van der Waals surface area contributed by atoms with Crippen LogP contribution in [0, 0.1) is 3.57 Å². The summed E-state index contributed by atoms with van der Waals surface area (Å²) >= 11 is 5.84. The first-order valence-electron chi connectivity index (χ1n) is 6.83. The number of benzene rings is 3. The van der Waals surface area contributed by atoms with Crippen molar-refractivity contribution in [3.63, 3.8) is 0 Å². The molecule has 1 N–H and O–H groups in total. The molecule has 0 spiro atoms. The normalized spacial score (nSPS) is 12.3. The maximum atomic E-state index is 3.57. The van der Waals surface area contributed by atoms with Crippen molar-refractivity contribution >= 4 is 55.0 Å². The molecule has 1 nitrogen and oxygen atoms in total. The van der Waals surface area contributed by atoms with Crippen LogP contribution in [-0.4, -0.2) is 0 Å². The number of anilines is 1. The molecule has 0 amide bonds. The molecule has 0 saturated heterocycles. The Kier molecular flexibility index (Phi) is 4.50. The molecule has 3 heteroatoms. The number of nitrogens with one attached hydrogen (secondary N) is 1. The quantitative estimate of drug-likeness (QED) is 0.455. The van der Waals surface area contributed by atoms with Crippen molar-refractivity contribution in [1.82, 2.24) is 0 Å². The minimum atomic E-state index is 0.287. The van der Waals surface area contributed by atoms with E-state index in [1.165, 1.54) is 19.9 Å². The van der Waals surface area contributed by atoms with E-state index in [0.717, 1.165) is 10.2 Å². The van der Waals surface area contributed by atoms with Gasteiger partial charge in [0.2, 0.25) is 0 Å². The molecule has 0 aliphatic carbocycles. The van der Waals surface area contributed by atoms with Crippen LogP contribution in [0.4, 0.5) is 5.69 Å². The number of hydrogen-bond acceptors (Lipinski definition) is 1. The van der Waals surface area contributed by atoms with Gasteiger partial charge in [0.05, 0.1) is 0 Å². The van der Waals surface area contributed by atoms with Crippen molar-refractivity contribution in [2.75, 3.05) is 5.32 Å². The van der Waals surface area contributed by atoms with Crippen LogP contribution in [0.3, 0.4) is 0 Å². The Bertz CT molecular complexity index is 768. The molecule has 106 valence electrons. The fourth-order valence-corrected chi connectivity index (χ4v) is 3.13. The average molecular weight is 452 g/mol. The van der Waals surface area contributed by atoms with E-state index >= 15 is 0 Å². The SMILES string of the molecule is CC(Nc1ccc2cc(Br)ccc2c1)c1ccc(I)cc1. The molecule has 3 aromatic carbocycles. The first-order valence-corrected chi connectivity index (χ1v) is 8.70. The standard InChI is InChI=1S/C18H15BrIN/c1-12(13-3-7-17(20)8-4-13)21-18-9-5-14-10-16(19)6-2-15(14)11-18/h2-12,21H,1H3. The van der Waals surface area contributed by atoms with Crippen LogP contribution in [0.25, 0.3) is 10.8 Å². The fraction of sp³-hybridized carbons (Fsp3) is 0.111. The second-order valence-corrected chi connectivity index (χ2v) is 7.29. The molecule has 0 heterocycles. The van der Waals surface area contributed by atoms with Gasteiger partial charge in [-0.25, -0.2) is 0 Å². The van der Waals surface area contributed by atoms with Crippen LogP contribution >= 0.6 is 38.5 Å².